The molecule has 0 radical (unpaired) electrons. The third-order valence-corrected chi connectivity index (χ3v) is 8.64. The van der Waals surface area contributed by atoms with Crippen LogP contribution < -0.4 is 0 Å². The lowest BCUT2D eigenvalue weighted by molar-refractivity contribution is 1.08. The van der Waals surface area contributed by atoms with E-state index in [1.807, 2.05) is 30.5 Å². The normalized spacial score (nSPS) is 11.7. The maximum absolute atomic E-state index is 4.97. The maximum Gasteiger partial charge on any atom is 0.164 e. The Kier molecular flexibility index (Phi) is 5.20. The highest BCUT2D eigenvalue weighted by Crippen LogP contribution is 2.42. The summed E-state index contributed by atoms with van der Waals surface area (Å²) in [5.41, 5.74) is 6.33. The maximum atomic E-state index is 4.97. The fourth-order valence-corrected chi connectivity index (χ4v) is 6.75. The fourth-order valence-electron chi connectivity index (χ4n) is 6.75. The molecule has 0 aliphatic rings. The molecule has 0 saturated heterocycles. The van der Waals surface area contributed by atoms with E-state index in [9.17, 15) is 0 Å². The monoisotopic (exact) mass is 547 g/mol. The number of hydrogen-bond acceptors (Lipinski definition) is 2. The van der Waals surface area contributed by atoms with Gasteiger partial charge in [0.1, 0.15) is 5.69 Å². The van der Waals surface area contributed by atoms with Gasteiger partial charge in [0.2, 0.25) is 0 Å². The molecular formula is C40H25N3. The molecule has 0 atom stereocenters. The zero-order valence-electron chi connectivity index (χ0n) is 23.3. The summed E-state index contributed by atoms with van der Waals surface area (Å²) >= 11 is 0. The number of fused-ring (bicyclic) bond motifs is 9. The Hall–Kier alpha value is -5.80. The Labute approximate surface area is 248 Å². The first kappa shape index (κ1) is 23.9. The smallest absolute Gasteiger partial charge is 0.164 e. The molecule has 2 aromatic heterocycles. The number of pyridine rings is 1. The average molecular weight is 548 g/mol. The highest BCUT2D eigenvalue weighted by Gasteiger charge is 2.17. The van der Waals surface area contributed by atoms with Crippen LogP contribution in [-0.2, 0) is 0 Å². The summed E-state index contributed by atoms with van der Waals surface area (Å²) in [6, 6.07) is 51.9. The van der Waals surface area contributed by atoms with Crippen LogP contribution in [0.3, 0.4) is 0 Å². The van der Waals surface area contributed by atoms with E-state index in [0.717, 1.165) is 28.2 Å². The van der Waals surface area contributed by atoms with Crippen LogP contribution in [0.15, 0.2) is 152 Å². The van der Waals surface area contributed by atoms with Gasteiger partial charge < -0.3 is 0 Å². The molecule has 3 heteroatoms. The summed E-state index contributed by atoms with van der Waals surface area (Å²) in [5, 5.41) is 10.3. The van der Waals surface area contributed by atoms with Crippen molar-refractivity contribution in [2.45, 2.75) is 0 Å². The average Bonchev–Trinajstić information content (AvgIpc) is 3.48. The second-order valence-electron chi connectivity index (χ2n) is 11.0. The van der Waals surface area contributed by atoms with E-state index >= 15 is 0 Å². The van der Waals surface area contributed by atoms with Gasteiger partial charge >= 0.3 is 0 Å². The van der Waals surface area contributed by atoms with Crippen molar-refractivity contribution in [1.29, 1.82) is 0 Å². The lowest BCUT2D eigenvalue weighted by Crippen LogP contribution is -1.98. The van der Waals surface area contributed by atoms with E-state index in [1.54, 1.807) is 0 Å². The molecule has 0 bridgehead atoms. The van der Waals surface area contributed by atoms with Crippen LogP contribution in [-0.4, -0.2) is 14.5 Å². The van der Waals surface area contributed by atoms with E-state index in [0.29, 0.717) is 0 Å². The Morgan fingerprint density at radius 2 is 1.05 bits per heavy atom. The highest BCUT2D eigenvalue weighted by molar-refractivity contribution is 6.33. The van der Waals surface area contributed by atoms with E-state index in [4.69, 9.17) is 4.98 Å². The Balaban J connectivity index is 1.29. The van der Waals surface area contributed by atoms with Crippen molar-refractivity contribution >= 4 is 54.1 Å². The highest BCUT2D eigenvalue weighted by atomic mass is 15.1. The third kappa shape index (κ3) is 3.62. The molecule has 0 amide bonds. The number of rotatable bonds is 3. The van der Waals surface area contributed by atoms with Crippen LogP contribution >= 0.6 is 0 Å². The Bertz CT molecular complexity index is 2490. The number of hydrogen-bond donors (Lipinski definition) is 0. The van der Waals surface area contributed by atoms with Crippen molar-refractivity contribution in [2.24, 2.45) is 0 Å². The predicted molar refractivity (Wildman–Crippen MR) is 180 cm³/mol. The summed E-state index contributed by atoms with van der Waals surface area (Å²) in [7, 11) is 0. The topological polar surface area (TPSA) is 30.7 Å². The summed E-state index contributed by atoms with van der Waals surface area (Å²) in [4.78, 5) is 9.59. The van der Waals surface area contributed by atoms with E-state index in [1.165, 1.54) is 54.2 Å². The second kappa shape index (κ2) is 9.37. The van der Waals surface area contributed by atoms with Crippen molar-refractivity contribution < 1.29 is 0 Å². The molecule has 9 aromatic rings. The summed E-state index contributed by atoms with van der Waals surface area (Å²) in [5.74, 6) is 0.837. The Morgan fingerprint density at radius 1 is 0.465 bits per heavy atom. The van der Waals surface area contributed by atoms with E-state index in [-0.39, 0.29) is 0 Å². The summed E-state index contributed by atoms with van der Waals surface area (Å²) in [6.07, 6.45) is 1.82. The lowest BCUT2D eigenvalue weighted by Gasteiger charge is -2.16. The molecule has 9 rings (SSSR count). The standard InChI is InChI=1S/C40H25N3/c1-2-13-30-28(11-1)29-12-3-5-15-32(29)39-33-16-6-4-14-31(33)34(25-35(30)39)26-20-22-27(23-21-26)43-38-19-8-7-17-36(38)42-40(43)37-18-9-10-24-41-37/h1-25H. The van der Waals surface area contributed by atoms with Gasteiger partial charge in [-0.1, -0.05) is 103 Å². The van der Waals surface area contributed by atoms with Crippen LogP contribution in [0.2, 0.25) is 0 Å². The third-order valence-electron chi connectivity index (χ3n) is 8.64. The fraction of sp³-hybridized carbons (Fsp3) is 0. The molecule has 2 heterocycles. The molecule has 0 aliphatic heterocycles. The second-order valence-corrected chi connectivity index (χ2v) is 11.0. The first-order chi connectivity index (χ1) is 21.3. The van der Waals surface area contributed by atoms with Crippen molar-refractivity contribution in [1.82, 2.24) is 14.5 Å². The number of para-hydroxylation sites is 2. The first-order valence-corrected chi connectivity index (χ1v) is 14.6. The van der Waals surface area contributed by atoms with Gasteiger partial charge in [0, 0.05) is 11.9 Å². The molecule has 0 fully saturated rings. The molecule has 0 N–H and O–H groups in total. The van der Waals surface area contributed by atoms with Crippen LogP contribution in [0.4, 0.5) is 0 Å². The van der Waals surface area contributed by atoms with Gasteiger partial charge in [-0.3, -0.25) is 9.55 Å². The number of aromatic nitrogens is 3. The van der Waals surface area contributed by atoms with Gasteiger partial charge in [0.15, 0.2) is 5.82 Å². The van der Waals surface area contributed by atoms with Gasteiger partial charge in [0.25, 0.3) is 0 Å². The summed E-state index contributed by atoms with van der Waals surface area (Å²) in [6.45, 7) is 0. The minimum absolute atomic E-state index is 0.837. The molecule has 0 aliphatic carbocycles. The van der Waals surface area contributed by atoms with Crippen molar-refractivity contribution in [3.63, 3.8) is 0 Å². The lowest BCUT2D eigenvalue weighted by atomic mass is 9.87. The van der Waals surface area contributed by atoms with Gasteiger partial charge in [-0.05, 0) is 96.7 Å². The van der Waals surface area contributed by atoms with Crippen LogP contribution in [0.5, 0.6) is 0 Å². The van der Waals surface area contributed by atoms with Crippen molar-refractivity contribution in [3.8, 4) is 28.3 Å². The van der Waals surface area contributed by atoms with Gasteiger partial charge in [0.05, 0.1) is 11.0 Å². The minimum atomic E-state index is 0.837. The van der Waals surface area contributed by atoms with Gasteiger partial charge in [-0.15, -0.1) is 0 Å². The molecule has 0 spiro atoms. The largest absolute Gasteiger partial charge is 0.291 e. The first-order valence-electron chi connectivity index (χ1n) is 14.6. The van der Waals surface area contributed by atoms with Gasteiger partial charge in [-0.2, -0.15) is 0 Å². The van der Waals surface area contributed by atoms with Crippen molar-refractivity contribution in [2.75, 3.05) is 0 Å². The van der Waals surface area contributed by atoms with Crippen LogP contribution in [0.25, 0.3) is 82.5 Å². The molecule has 3 nitrogen and oxygen atoms in total. The number of nitrogens with zero attached hydrogens (tertiary/aromatic N) is 3. The van der Waals surface area contributed by atoms with Crippen LogP contribution in [0, 0.1) is 0 Å². The molecule has 0 saturated carbocycles. The SMILES string of the molecule is c1ccc(-c2nc3ccccc3n2-c2ccc(-c3cc4c5ccccc5c5ccccc5c4c4ccccc34)cc2)nc1. The quantitative estimate of drug-likeness (QED) is 0.206. The van der Waals surface area contributed by atoms with E-state index in [2.05, 4.69) is 131 Å². The molecule has 0 unspecified atom stereocenters. The number of imidazole rings is 1. The minimum Gasteiger partial charge on any atom is -0.291 e. The summed E-state index contributed by atoms with van der Waals surface area (Å²) < 4.78 is 2.21. The molecule has 200 valence electrons. The number of benzene rings is 7. The van der Waals surface area contributed by atoms with Gasteiger partial charge in [-0.25, -0.2) is 4.98 Å². The zero-order chi connectivity index (χ0) is 28.3. The van der Waals surface area contributed by atoms with E-state index < -0.39 is 0 Å². The molecule has 43 heavy (non-hydrogen) atoms. The molecule has 7 aromatic carbocycles. The Morgan fingerprint density at radius 3 is 1.77 bits per heavy atom. The molecular weight excluding hydrogens is 522 g/mol. The van der Waals surface area contributed by atoms with Crippen LogP contribution in [0.1, 0.15) is 0 Å². The predicted octanol–water partition coefficient (Wildman–Crippen LogP) is 10.4. The zero-order valence-corrected chi connectivity index (χ0v) is 23.3. The van der Waals surface area contributed by atoms with Crippen molar-refractivity contribution in [3.05, 3.63) is 152 Å².